The third-order valence-corrected chi connectivity index (χ3v) is 4.97. The number of aryl methyl sites for hydroxylation is 1. The van der Waals surface area contributed by atoms with Crippen molar-refractivity contribution in [3.8, 4) is 0 Å². The van der Waals surface area contributed by atoms with E-state index in [0.29, 0.717) is 12.2 Å². The number of anilines is 1. The number of carbonyl (C=O) groups excluding carboxylic acids is 1. The molecule has 4 nitrogen and oxygen atoms in total. The summed E-state index contributed by atoms with van der Waals surface area (Å²) in [6.45, 7) is 1.97. The van der Waals surface area contributed by atoms with Gasteiger partial charge in [0, 0.05) is 10.2 Å². The van der Waals surface area contributed by atoms with Crippen molar-refractivity contribution in [2.45, 2.75) is 18.9 Å². The molecule has 6 heteroatoms. The summed E-state index contributed by atoms with van der Waals surface area (Å²) in [7, 11) is 0. The molecule has 1 heterocycles. The van der Waals surface area contributed by atoms with Crippen molar-refractivity contribution in [2.75, 3.05) is 16.9 Å². The van der Waals surface area contributed by atoms with Crippen LogP contribution in [0.3, 0.4) is 0 Å². The molecular weight excluding hydrogens is 316 g/mol. The summed E-state index contributed by atoms with van der Waals surface area (Å²) in [5, 5.41) is 10.1. The van der Waals surface area contributed by atoms with E-state index in [1.165, 1.54) is 0 Å². The van der Waals surface area contributed by atoms with Crippen molar-refractivity contribution in [1.82, 2.24) is 5.43 Å². The summed E-state index contributed by atoms with van der Waals surface area (Å²) in [6.07, 6.45) is 0.505. The first-order valence-electron chi connectivity index (χ1n) is 5.64. The predicted octanol–water partition coefficient (Wildman–Crippen LogP) is 2.07. The Morgan fingerprint density at radius 3 is 2.94 bits per heavy atom. The van der Waals surface area contributed by atoms with Gasteiger partial charge < -0.3 is 5.11 Å². The molecule has 0 aromatic heterocycles. The fourth-order valence-electron chi connectivity index (χ4n) is 1.70. The highest BCUT2D eigenvalue weighted by atomic mass is 79.9. The smallest absolute Gasteiger partial charge is 0.271 e. The molecule has 0 spiro atoms. The van der Waals surface area contributed by atoms with Crippen molar-refractivity contribution in [3.63, 3.8) is 0 Å². The highest BCUT2D eigenvalue weighted by Crippen LogP contribution is 2.28. The van der Waals surface area contributed by atoms with Crippen molar-refractivity contribution < 1.29 is 9.90 Å². The first-order valence-corrected chi connectivity index (χ1v) is 7.59. The third-order valence-electron chi connectivity index (χ3n) is 2.90. The number of halogens is 1. The molecule has 98 valence electrons. The summed E-state index contributed by atoms with van der Waals surface area (Å²) < 4.78 is 1.02. The molecule has 1 saturated heterocycles. The Bertz CT molecular complexity index is 461. The van der Waals surface area contributed by atoms with Crippen molar-refractivity contribution in [2.24, 2.45) is 0 Å². The molecule has 0 radical (unpaired) electrons. The Labute approximate surface area is 119 Å². The molecule has 0 bridgehead atoms. The zero-order valence-electron chi connectivity index (χ0n) is 10.00. The molecule has 0 aliphatic carbocycles. The van der Waals surface area contributed by atoms with Crippen molar-refractivity contribution in [3.05, 3.63) is 28.2 Å². The van der Waals surface area contributed by atoms with Gasteiger partial charge in [0.25, 0.3) is 5.91 Å². The first kappa shape index (κ1) is 13.7. The van der Waals surface area contributed by atoms with Gasteiger partial charge in [-0.1, -0.05) is 15.9 Å². The minimum atomic E-state index is -1.23. The lowest BCUT2D eigenvalue weighted by Crippen LogP contribution is -2.48. The lowest BCUT2D eigenvalue weighted by molar-refractivity contribution is -0.136. The Balaban J connectivity index is 1.95. The fourth-order valence-corrected chi connectivity index (χ4v) is 3.19. The molecule has 1 atom stereocenters. The maximum Gasteiger partial charge on any atom is 0.271 e. The quantitative estimate of drug-likeness (QED) is 0.742. The number of hydrogen-bond donors (Lipinski definition) is 3. The largest absolute Gasteiger partial charge is 0.379 e. The van der Waals surface area contributed by atoms with E-state index in [-0.39, 0.29) is 5.91 Å². The van der Waals surface area contributed by atoms with Gasteiger partial charge in [0.15, 0.2) is 5.60 Å². The van der Waals surface area contributed by atoms with Crippen molar-refractivity contribution in [1.29, 1.82) is 0 Å². The van der Waals surface area contributed by atoms with Gasteiger partial charge in [-0.15, -0.1) is 0 Å². The lowest BCUT2D eigenvalue weighted by Gasteiger charge is -2.20. The van der Waals surface area contributed by atoms with Crippen LogP contribution < -0.4 is 10.9 Å². The van der Waals surface area contributed by atoms with Gasteiger partial charge in [-0.05, 0) is 42.9 Å². The number of amides is 1. The standard InChI is InChI=1S/C12H15BrN2O2S/c1-8-6-9(2-3-10(8)13)14-15-11(16)12(17)4-5-18-7-12/h2-3,6,14,17H,4-5,7H2,1H3,(H,15,16). The van der Waals surface area contributed by atoms with Crippen LogP contribution in [0, 0.1) is 6.92 Å². The Morgan fingerprint density at radius 2 is 2.33 bits per heavy atom. The number of hydrogen-bond acceptors (Lipinski definition) is 4. The minimum absolute atomic E-state index is 0.368. The number of carbonyl (C=O) groups is 1. The molecule has 1 unspecified atom stereocenters. The monoisotopic (exact) mass is 330 g/mol. The number of benzene rings is 1. The fraction of sp³-hybridized carbons (Fsp3) is 0.417. The number of hydrazine groups is 1. The van der Waals surface area contributed by atoms with Gasteiger partial charge in [-0.25, -0.2) is 0 Å². The van der Waals surface area contributed by atoms with Crippen LogP contribution in [-0.2, 0) is 4.79 Å². The van der Waals surface area contributed by atoms with E-state index >= 15 is 0 Å². The second kappa shape index (κ2) is 5.50. The van der Waals surface area contributed by atoms with E-state index in [4.69, 9.17) is 0 Å². The second-order valence-corrected chi connectivity index (χ2v) is 6.34. The van der Waals surface area contributed by atoms with E-state index in [1.54, 1.807) is 11.8 Å². The van der Waals surface area contributed by atoms with Crippen LogP contribution >= 0.6 is 27.7 Å². The lowest BCUT2D eigenvalue weighted by atomic mass is 10.0. The normalized spacial score (nSPS) is 22.8. The van der Waals surface area contributed by atoms with Crippen molar-refractivity contribution >= 4 is 39.3 Å². The van der Waals surface area contributed by atoms with Crippen LogP contribution in [0.1, 0.15) is 12.0 Å². The summed E-state index contributed by atoms with van der Waals surface area (Å²) in [5.74, 6) is 0.911. The number of rotatable bonds is 3. The minimum Gasteiger partial charge on any atom is -0.379 e. The average Bonchev–Trinajstić information content (AvgIpc) is 2.79. The molecule has 1 aliphatic heterocycles. The van der Waals surface area contributed by atoms with E-state index in [0.717, 1.165) is 21.5 Å². The van der Waals surface area contributed by atoms with Gasteiger partial charge in [-0.2, -0.15) is 11.8 Å². The van der Waals surface area contributed by atoms with Gasteiger partial charge in [-0.3, -0.25) is 15.6 Å². The first-order chi connectivity index (χ1) is 8.51. The molecule has 1 aromatic rings. The summed E-state index contributed by atoms with van der Waals surface area (Å²) in [6, 6.07) is 5.67. The third kappa shape index (κ3) is 2.99. The van der Waals surface area contributed by atoms with Gasteiger partial charge in [0.2, 0.25) is 0 Å². The molecule has 2 rings (SSSR count). The Hall–Kier alpha value is -0.720. The van der Waals surface area contributed by atoms with Gasteiger partial charge in [0.1, 0.15) is 0 Å². The van der Waals surface area contributed by atoms with Crippen LogP contribution in [0.4, 0.5) is 5.69 Å². The molecule has 0 saturated carbocycles. The number of aliphatic hydroxyl groups is 1. The highest BCUT2D eigenvalue weighted by Gasteiger charge is 2.39. The van der Waals surface area contributed by atoms with E-state index < -0.39 is 5.60 Å². The van der Waals surface area contributed by atoms with E-state index in [2.05, 4.69) is 26.8 Å². The van der Waals surface area contributed by atoms with Crippen LogP contribution in [0.15, 0.2) is 22.7 Å². The topological polar surface area (TPSA) is 61.4 Å². The summed E-state index contributed by atoms with van der Waals surface area (Å²) in [5.41, 5.74) is 6.01. The maximum atomic E-state index is 11.8. The van der Waals surface area contributed by atoms with Gasteiger partial charge in [0.05, 0.1) is 5.69 Å². The summed E-state index contributed by atoms with van der Waals surface area (Å²) in [4.78, 5) is 11.8. The second-order valence-electron chi connectivity index (χ2n) is 4.38. The maximum absolute atomic E-state index is 11.8. The molecule has 1 amide bonds. The zero-order valence-corrected chi connectivity index (χ0v) is 12.4. The molecular formula is C12H15BrN2O2S. The molecule has 18 heavy (non-hydrogen) atoms. The van der Waals surface area contributed by atoms with E-state index in [9.17, 15) is 9.90 Å². The summed E-state index contributed by atoms with van der Waals surface area (Å²) >= 11 is 5.00. The van der Waals surface area contributed by atoms with Crippen LogP contribution in [-0.4, -0.2) is 28.1 Å². The average molecular weight is 331 g/mol. The Kier molecular flexibility index (Phi) is 4.19. The number of thioether (sulfide) groups is 1. The Morgan fingerprint density at radius 1 is 1.56 bits per heavy atom. The molecule has 1 fully saturated rings. The van der Waals surface area contributed by atoms with Crippen LogP contribution in [0.5, 0.6) is 0 Å². The zero-order chi connectivity index (χ0) is 13.2. The van der Waals surface area contributed by atoms with Crippen LogP contribution in [0.25, 0.3) is 0 Å². The SMILES string of the molecule is Cc1cc(NNC(=O)C2(O)CCSC2)ccc1Br. The van der Waals surface area contributed by atoms with Gasteiger partial charge >= 0.3 is 0 Å². The van der Waals surface area contributed by atoms with E-state index in [1.807, 2.05) is 25.1 Å². The number of nitrogens with one attached hydrogen (secondary N) is 2. The molecule has 1 aromatic carbocycles. The highest BCUT2D eigenvalue weighted by molar-refractivity contribution is 9.10. The van der Waals surface area contributed by atoms with Crippen LogP contribution in [0.2, 0.25) is 0 Å². The predicted molar refractivity (Wildman–Crippen MR) is 77.5 cm³/mol. The molecule has 3 N–H and O–H groups in total. The molecule has 1 aliphatic rings.